The lowest BCUT2D eigenvalue weighted by Crippen LogP contribution is -2.47. The minimum absolute atomic E-state index is 0.230. The number of carbonyl (C=O) groups excluding carboxylic acids is 1. The Morgan fingerprint density at radius 1 is 1.10 bits per heavy atom. The first kappa shape index (κ1) is 15.8. The maximum absolute atomic E-state index is 12.3. The van der Waals surface area contributed by atoms with E-state index in [2.05, 4.69) is 26.1 Å². The average molecular weight is 280 g/mol. The van der Waals surface area contributed by atoms with E-state index in [1.54, 1.807) is 0 Å². The van der Waals surface area contributed by atoms with E-state index in [0.29, 0.717) is 24.3 Å². The molecule has 2 saturated carbocycles. The Kier molecular flexibility index (Phi) is 5.11. The van der Waals surface area contributed by atoms with Crippen molar-refractivity contribution in [2.75, 3.05) is 0 Å². The van der Waals surface area contributed by atoms with E-state index in [1.807, 2.05) is 0 Å². The van der Waals surface area contributed by atoms with Gasteiger partial charge in [-0.15, -0.1) is 0 Å². The van der Waals surface area contributed by atoms with Crippen molar-refractivity contribution in [1.29, 1.82) is 0 Å². The molecule has 0 heterocycles. The van der Waals surface area contributed by atoms with Crippen LogP contribution in [0.5, 0.6) is 0 Å². The van der Waals surface area contributed by atoms with Gasteiger partial charge in [-0.3, -0.25) is 4.79 Å². The Bertz CT molecular complexity index is 334. The van der Waals surface area contributed by atoms with Gasteiger partial charge in [-0.05, 0) is 42.9 Å². The fourth-order valence-corrected chi connectivity index (χ4v) is 4.16. The van der Waals surface area contributed by atoms with Gasteiger partial charge < -0.3 is 11.1 Å². The SMILES string of the molecule is CC(C)(C)C1CCCCC1NC(=O)C[C@@H]1CCC[C@H]1N. The molecule has 2 unspecified atom stereocenters. The van der Waals surface area contributed by atoms with E-state index in [4.69, 9.17) is 5.73 Å². The third-order valence-electron chi connectivity index (χ3n) is 5.39. The van der Waals surface area contributed by atoms with Crippen LogP contribution in [0.2, 0.25) is 0 Å². The molecule has 0 aromatic heterocycles. The second-order valence-corrected chi connectivity index (χ2v) is 7.99. The number of nitrogens with one attached hydrogen (secondary N) is 1. The van der Waals surface area contributed by atoms with Crippen molar-refractivity contribution in [2.45, 2.75) is 84.2 Å². The molecule has 2 rings (SSSR count). The van der Waals surface area contributed by atoms with Gasteiger partial charge in [-0.2, -0.15) is 0 Å². The van der Waals surface area contributed by atoms with Gasteiger partial charge in [0.15, 0.2) is 0 Å². The van der Waals surface area contributed by atoms with Crippen LogP contribution >= 0.6 is 0 Å². The molecule has 3 nitrogen and oxygen atoms in total. The normalized spacial score (nSPS) is 35.0. The van der Waals surface area contributed by atoms with Gasteiger partial charge in [-0.1, -0.05) is 40.0 Å². The van der Waals surface area contributed by atoms with E-state index in [0.717, 1.165) is 19.3 Å². The summed E-state index contributed by atoms with van der Waals surface area (Å²) in [7, 11) is 0. The molecule has 20 heavy (non-hydrogen) atoms. The molecule has 0 spiro atoms. The van der Waals surface area contributed by atoms with Crippen LogP contribution < -0.4 is 11.1 Å². The number of amides is 1. The lowest BCUT2D eigenvalue weighted by Gasteiger charge is -2.41. The highest BCUT2D eigenvalue weighted by molar-refractivity contribution is 5.76. The van der Waals surface area contributed by atoms with Crippen molar-refractivity contribution in [3.63, 3.8) is 0 Å². The second-order valence-electron chi connectivity index (χ2n) is 7.99. The van der Waals surface area contributed by atoms with Gasteiger partial charge in [-0.25, -0.2) is 0 Å². The minimum atomic E-state index is 0.230. The molecule has 0 aromatic carbocycles. The average Bonchev–Trinajstić information content (AvgIpc) is 2.74. The summed E-state index contributed by atoms with van der Waals surface area (Å²) in [5, 5.41) is 3.33. The van der Waals surface area contributed by atoms with Crippen molar-refractivity contribution in [3.8, 4) is 0 Å². The third kappa shape index (κ3) is 3.97. The summed E-state index contributed by atoms with van der Waals surface area (Å²) < 4.78 is 0. The summed E-state index contributed by atoms with van der Waals surface area (Å²) in [6.07, 6.45) is 8.99. The first-order chi connectivity index (χ1) is 9.38. The fraction of sp³-hybridized carbons (Fsp3) is 0.941. The Morgan fingerprint density at radius 2 is 1.80 bits per heavy atom. The van der Waals surface area contributed by atoms with Gasteiger partial charge in [0.1, 0.15) is 0 Å². The zero-order valence-electron chi connectivity index (χ0n) is 13.5. The number of hydrogen-bond donors (Lipinski definition) is 2. The molecule has 3 N–H and O–H groups in total. The third-order valence-corrected chi connectivity index (χ3v) is 5.39. The first-order valence-corrected chi connectivity index (χ1v) is 8.43. The van der Waals surface area contributed by atoms with Crippen LogP contribution in [0.4, 0.5) is 0 Å². The van der Waals surface area contributed by atoms with Crippen LogP contribution in [0.15, 0.2) is 0 Å². The van der Waals surface area contributed by atoms with E-state index < -0.39 is 0 Å². The zero-order valence-corrected chi connectivity index (χ0v) is 13.5. The molecule has 0 radical (unpaired) electrons. The maximum atomic E-state index is 12.3. The molecule has 4 atom stereocenters. The number of nitrogens with two attached hydrogens (primary N) is 1. The van der Waals surface area contributed by atoms with Crippen LogP contribution in [0, 0.1) is 17.3 Å². The topological polar surface area (TPSA) is 55.1 Å². The van der Waals surface area contributed by atoms with Crippen molar-refractivity contribution in [2.24, 2.45) is 23.0 Å². The maximum Gasteiger partial charge on any atom is 0.220 e. The molecule has 0 saturated heterocycles. The molecule has 2 aliphatic carbocycles. The molecular weight excluding hydrogens is 248 g/mol. The smallest absolute Gasteiger partial charge is 0.220 e. The Balaban J connectivity index is 1.88. The lowest BCUT2D eigenvalue weighted by atomic mass is 9.69. The summed E-state index contributed by atoms with van der Waals surface area (Å²) in [6, 6.07) is 0.611. The zero-order chi connectivity index (χ0) is 14.8. The van der Waals surface area contributed by atoms with Gasteiger partial charge in [0, 0.05) is 18.5 Å². The van der Waals surface area contributed by atoms with Crippen molar-refractivity contribution >= 4 is 5.91 Å². The molecular formula is C17H32N2O. The summed E-state index contributed by atoms with van der Waals surface area (Å²) in [5.74, 6) is 1.25. The highest BCUT2D eigenvalue weighted by Crippen LogP contribution is 2.38. The molecule has 1 amide bonds. The second kappa shape index (κ2) is 6.46. The molecule has 0 aliphatic heterocycles. The molecule has 116 valence electrons. The Hall–Kier alpha value is -0.570. The Morgan fingerprint density at radius 3 is 2.40 bits per heavy atom. The Labute approximate surface area is 124 Å². The monoisotopic (exact) mass is 280 g/mol. The minimum Gasteiger partial charge on any atom is -0.353 e. The van der Waals surface area contributed by atoms with Crippen molar-refractivity contribution < 1.29 is 4.79 Å². The van der Waals surface area contributed by atoms with Crippen LogP contribution in [0.3, 0.4) is 0 Å². The summed E-state index contributed by atoms with van der Waals surface area (Å²) in [4.78, 5) is 12.3. The number of rotatable bonds is 3. The van der Waals surface area contributed by atoms with Crippen LogP contribution in [-0.2, 0) is 4.79 Å². The predicted molar refractivity (Wildman–Crippen MR) is 83.3 cm³/mol. The lowest BCUT2D eigenvalue weighted by molar-refractivity contribution is -0.123. The van der Waals surface area contributed by atoms with E-state index in [1.165, 1.54) is 25.7 Å². The van der Waals surface area contributed by atoms with Crippen LogP contribution in [0.1, 0.15) is 72.1 Å². The summed E-state index contributed by atoms with van der Waals surface area (Å²) in [6.45, 7) is 6.90. The van der Waals surface area contributed by atoms with Gasteiger partial charge in [0.25, 0.3) is 0 Å². The van der Waals surface area contributed by atoms with Gasteiger partial charge in [0.2, 0.25) is 5.91 Å². The molecule has 2 fully saturated rings. The molecule has 2 aliphatic rings. The highest BCUT2D eigenvalue weighted by atomic mass is 16.1. The molecule has 3 heteroatoms. The molecule has 0 bridgehead atoms. The summed E-state index contributed by atoms with van der Waals surface area (Å²) >= 11 is 0. The van der Waals surface area contributed by atoms with Gasteiger partial charge >= 0.3 is 0 Å². The standard InChI is InChI=1S/C17H32N2O/c1-17(2,3)13-8-4-5-10-15(13)19-16(20)11-12-7-6-9-14(12)18/h12-15H,4-11,18H2,1-3H3,(H,19,20)/t12-,13?,14+,15?/m0/s1. The van der Waals surface area contributed by atoms with Gasteiger partial charge in [0.05, 0.1) is 0 Å². The van der Waals surface area contributed by atoms with Crippen molar-refractivity contribution in [3.05, 3.63) is 0 Å². The van der Waals surface area contributed by atoms with Crippen LogP contribution in [0.25, 0.3) is 0 Å². The first-order valence-electron chi connectivity index (χ1n) is 8.43. The number of hydrogen-bond acceptors (Lipinski definition) is 2. The van der Waals surface area contributed by atoms with Crippen LogP contribution in [-0.4, -0.2) is 18.0 Å². The number of carbonyl (C=O) groups is 1. The highest BCUT2D eigenvalue weighted by Gasteiger charge is 2.35. The largest absolute Gasteiger partial charge is 0.353 e. The van der Waals surface area contributed by atoms with Crippen molar-refractivity contribution in [1.82, 2.24) is 5.32 Å². The molecule has 0 aromatic rings. The quantitative estimate of drug-likeness (QED) is 0.834. The fourth-order valence-electron chi connectivity index (χ4n) is 4.16. The predicted octanol–water partition coefficient (Wildman–Crippen LogP) is 3.23. The summed E-state index contributed by atoms with van der Waals surface area (Å²) in [5.41, 5.74) is 6.36. The van der Waals surface area contributed by atoms with E-state index >= 15 is 0 Å². The van der Waals surface area contributed by atoms with E-state index in [9.17, 15) is 4.79 Å². The van der Waals surface area contributed by atoms with E-state index in [-0.39, 0.29) is 17.4 Å².